The van der Waals surface area contributed by atoms with Crippen molar-refractivity contribution in [1.29, 1.82) is 0 Å². The maximum atomic E-state index is 13.6. The lowest BCUT2D eigenvalue weighted by Crippen LogP contribution is -2.45. The number of amides is 1. The zero-order valence-electron chi connectivity index (χ0n) is 18.7. The van der Waals surface area contributed by atoms with Crippen molar-refractivity contribution in [2.45, 2.75) is 19.6 Å². The van der Waals surface area contributed by atoms with Crippen LogP contribution in [0.3, 0.4) is 0 Å². The zero-order chi connectivity index (χ0) is 25.3. The second kappa shape index (κ2) is 9.05. The molecule has 180 valence electrons. The first-order chi connectivity index (χ1) is 16.6. The van der Waals surface area contributed by atoms with Crippen LogP contribution >= 0.6 is 0 Å². The summed E-state index contributed by atoms with van der Waals surface area (Å²) in [6.07, 6.45) is -0.823. The molecule has 4 aromatic rings. The summed E-state index contributed by atoms with van der Waals surface area (Å²) in [5.74, 6) is -0.252. The highest BCUT2D eigenvalue weighted by atomic mass is 19.4. The van der Waals surface area contributed by atoms with Crippen LogP contribution in [0.1, 0.15) is 27.2 Å². The molecule has 9 nitrogen and oxygen atoms in total. The molecule has 35 heavy (non-hydrogen) atoms. The van der Waals surface area contributed by atoms with Crippen molar-refractivity contribution in [3.63, 3.8) is 0 Å². The summed E-state index contributed by atoms with van der Waals surface area (Å²) in [4.78, 5) is 25.7. The van der Waals surface area contributed by atoms with Gasteiger partial charge in [-0.2, -0.15) is 13.2 Å². The highest BCUT2D eigenvalue weighted by Gasteiger charge is 2.31. The number of halogens is 3. The van der Waals surface area contributed by atoms with Gasteiger partial charge in [0.25, 0.3) is 11.7 Å². The van der Waals surface area contributed by atoms with Crippen LogP contribution in [0.2, 0.25) is 0 Å². The van der Waals surface area contributed by atoms with Gasteiger partial charge in [-0.3, -0.25) is 20.5 Å². The minimum Gasteiger partial charge on any atom is -0.710 e. The smallest absolute Gasteiger partial charge is 0.417 e. The molecule has 12 heteroatoms. The Morgan fingerprint density at radius 2 is 1.83 bits per heavy atom. The van der Waals surface area contributed by atoms with Crippen LogP contribution in [-0.2, 0) is 12.7 Å². The van der Waals surface area contributed by atoms with Gasteiger partial charge in [-0.15, -0.1) is 0 Å². The molecule has 0 saturated carbocycles. The van der Waals surface area contributed by atoms with Gasteiger partial charge in [-0.25, -0.2) is 19.7 Å². The SMILES string of the molecule is Cc1cc2cc(C(=O)N(Cc3ccc(C(F)(F)F)cn3)N(C)c3ncccn3)ccc2[n+]([O-])c1N. The first kappa shape index (κ1) is 23.7. The number of rotatable bonds is 5. The molecule has 0 radical (unpaired) electrons. The molecule has 2 N–H and O–H groups in total. The third-order valence-corrected chi connectivity index (χ3v) is 5.39. The number of nitrogens with two attached hydrogens (primary N) is 1. The lowest BCUT2D eigenvalue weighted by atomic mass is 10.1. The van der Waals surface area contributed by atoms with Gasteiger partial charge in [0, 0.05) is 42.2 Å². The zero-order valence-corrected chi connectivity index (χ0v) is 18.7. The molecule has 3 heterocycles. The molecule has 0 aliphatic rings. The summed E-state index contributed by atoms with van der Waals surface area (Å²) in [5, 5.41) is 15.5. The number of carbonyl (C=O) groups is 1. The molecule has 0 atom stereocenters. The first-order valence-corrected chi connectivity index (χ1v) is 10.3. The molecule has 0 saturated heterocycles. The van der Waals surface area contributed by atoms with E-state index in [2.05, 4.69) is 15.0 Å². The van der Waals surface area contributed by atoms with Crippen LogP contribution < -0.4 is 15.5 Å². The fourth-order valence-electron chi connectivity index (χ4n) is 3.45. The van der Waals surface area contributed by atoms with Gasteiger partial charge >= 0.3 is 6.18 Å². The number of hydrazine groups is 1. The predicted molar refractivity (Wildman–Crippen MR) is 122 cm³/mol. The molecule has 0 bridgehead atoms. The summed E-state index contributed by atoms with van der Waals surface area (Å²) in [7, 11) is 1.55. The van der Waals surface area contributed by atoms with Crippen LogP contribution in [0.25, 0.3) is 10.9 Å². The molecular formula is C23H20F3N7O2. The van der Waals surface area contributed by atoms with Crippen LogP contribution in [-0.4, -0.2) is 32.9 Å². The van der Waals surface area contributed by atoms with Crippen molar-refractivity contribution in [3.8, 4) is 0 Å². The molecular weight excluding hydrogens is 463 g/mol. The maximum absolute atomic E-state index is 13.6. The average molecular weight is 483 g/mol. The van der Waals surface area contributed by atoms with Crippen molar-refractivity contribution in [3.05, 3.63) is 88.6 Å². The van der Waals surface area contributed by atoms with Gasteiger partial charge in [0.1, 0.15) is 5.52 Å². The Bertz CT molecular complexity index is 1380. The Morgan fingerprint density at radius 1 is 1.11 bits per heavy atom. The number of hydrogen-bond acceptors (Lipinski definition) is 7. The van der Waals surface area contributed by atoms with Crippen molar-refractivity contribution >= 4 is 28.6 Å². The number of nitrogen functional groups attached to an aromatic ring is 1. The minimum atomic E-state index is -4.53. The molecule has 0 unspecified atom stereocenters. The van der Waals surface area contributed by atoms with Crippen LogP contribution in [0.5, 0.6) is 0 Å². The number of hydrogen-bond donors (Lipinski definition) is 1. The summed E-state index contributed by atoms with van der Waals surface area (Å²) < 4.78 is 39.4. The minimum absolute atomic E-state index is 0.0625. The quantitative estimate of drug-likeness (QED) is 0.263. The van der Waals surface area contributed by atoms with E-state index in [1.54, 1.807) is 32.2 Å². The Morgan fingerprint density at radius 3 is 2.46 bits per heavy atom. The Hall–Kier alpha value is -4.48. The number of pyridine rings is 2. The molecule has 3 aromatic heterocycles. The number of fused-ring (bicyclic) bond motifs is 1. The molecule has 4 rings (SSSR count). The first-order valence-electron chi connectivity index (χ1n) is 10.3. The number of aromatic nitrogens is 4. The van der Waals surface area contributed by atoms with Crippen LogP contribution in [0.15, 0.2) is 61.1 Å². The molecule has 0 aliphatic carbocycles. The van der Waals surface area contributed by atoms with Gasteiger partial charge in [0.15, 0.2) is 0 Å². The topological polar surface area (TPSA) is 115 Å². The van der Waals surface area contributed by atoms with E-state index in [0.29, 0.717) is 27.4 Å². The third kappa shape index (κ3) is 4.76. The van der Waals surface area contributed by atoms with Gasteiger partial charge in [-0.1, -0.05) is 0 Å². The molecule has 1 aromatic carbocycles. The fraction of sp³-hybridized carbons (Fsp3) is 0.174. The summed E-state index contributed by atoms with van der Waals surface area (Å²) in [6, 6.07) is 9.92. The van der Waals surface area contributed by atoms with Crippen molar-refractivity contribution in [2.24, 2.45) is 0 Å². The van der Waals surface area contributed by atoms with Crippen molar-refractivity contribution in [2.75, 3.05) is 17.8 Å². The number of aryl methyl sites for hydroxylation is 1. The summed E-state index contributed by atoms with van der Waals surface area (Å²) in [5.41, 5.74) is 6.20. The van der Waals surface area contributed by atoms with E-state index in [0.717, 1.165) is 6.07 Å². The molecule has 0 aliphatic heterocycles. The number of anilines is 2. The lowest BCUT2D eigenvalue weighted by Gasteiger charge is -2.31. The van der Waals surface area contributed by atoms with Crippen molar-refractivity contribution in [1.82, 2.24) is 20.0 Å². The van der Waals surface area contributed by atoms with E-state index in [1.807, 2.05) is 0 Å². The Labute approximate surface area is 197 Å². The summed E-state index contributed by atoms with van der Waals surface area (Å²) in [6.45, 7) is 1.52. The highest BCUT2D eigenvalue weighted by Crippen LogP contribution is 2.28. The van der Waals surface area contributed by atoms with E-state index in [-0.39, 0.29) is 29.6 Å². The normalized spacial score (nSPS) is 11.5. The van der Waals surface area contributed by atoms with Gasteiger partial charge in [0.05, 0.1) is 17.8 Å². The number of nitrogens with zero attached hydrogens (tertiary/aromatic N) is 6. The van der Waals surface area contributed by atoms with Gasteiger partial charge in [-0.05, 0) is 49.4 Å². The monoisotopic (exact) mass is 483 g/mol. The van der Waals surface area contributed by atoms with Crippen LogP contribution in [0, 0.1) is 12.1 Å². The number of carbonyl (C=O) groups excluding carboxylic acids is 1. The fourth-order valence-corrected chi connectivity index (χ4v) is 3.45. The van der Waals surface area contributed by atoms with E-state index < -0.39 is 17.6 Å². The van der Waals surface area contributed by atoms with E-state index in [4.69, 9.17) is 5.73 Å². The molecule has 0 fully saturated rings. The molecule has 0 spiro atoms. The second-order valence-corrected chi connectivity index (χ2v) is 7.75. The van der Waals surface area contributed by atoms with E-state index >= 15 is 0 Å². The Kier molecular flexibility index (Phi) is 6.12. The predicted octanol–water partition coefficient (Wildman–Crippen LogP) is 3.26. The standard InChI is InChI=1S/C23H20F3N7O2/c1-14-10-16-11-15(4-7-19(16)33(35)20(14)27)21(34)32(31(2)22-28-8-3-9-29-22)13-18-6-5-17(12-30-18)23(24,25)26/h3-12H,13,27H2,1-2H3. The van der Waals surface area contributed by atoms with Crippen LogP contribution in [0.4, 0.5) is 24.9 Å². The lowest BCUT2D eigenvalue weighted by molar-refractivity contribution is -0.561. The summed E-state index contributed by atoms with van der Waals surface area (Å²) >= 11 is 0. The van der Waals surface area contributed by atoms with Gasteiger partial charge in [0.2, 0.25) is 5.95 Å². The largest absolute Gasteiger partial charge is 0.710 e. The third-order valence-electron chi connectivity index (χ3n) is 5.39. The van der Waals surface area contributed by atoms with Crippen molar-refractivity contribution < 1.29 is 22.7 Å². The second-order valence-electron chi connectivity index (χ2n) is 7.75. The van der Waals surface area contributed by atoms with E-state index in [1.165, 1.54) is 40.6 Å². The number of benzene rings is 1. The van der Waals surface area contributed by atoms with E-state index in [9.17, 15) is 23.2 Å². The number of alkyl halides is 3. The highest BCUT2D eigenvalue weighted by molar-refractivity contribution is 5.98. The molecule has 1 amide bonds. The average Bonchev–Trinajstić information content (AvgIpc) is 2.85. The van der Waals surface area contributed by atoms with Gasteiger partial charge < -0.3 is 5.21 Å². The maximum Gasteiger partial charge on any atom is 0.417 e. The Balaban J connectivity index is 1.73.